The second-order valence-electron chi connectivity index (χ2n) is 12.1. The SMILES string of the molecule is CC(C)CC(C(=O)O)c1cc(-c2ccc(C(F)(F)F)cc2)cc(C2CNCC(Cc3cc(C(F)(F)F)cc(C(F)(F)F)c3)C2)c1. The van der Waals surface area contributed by atoms with Crippen LogP contribution in [-0.4, -0.2) is 24.2 Å². The third kappa shape index (κ3) is 8.80. The van der Waals surface area contributed by atoms with Gasteiger partial charge in [0.2, 0.25) is 0 Å². The second-order valence-corrected chi connectivity index (χ2v) is 12.1. The van der Waals surface area contributed by atoms with Gasteiger partial charge in [-0.05, 0) is 102 Å². The maximum Gasteiger partial charge on any atom is 0.416 e. The van der Waals surface area contributed by atoms with Crippen LogP contribution >= 0.6 is 0 Å². The summed E-state index contributed by atoms with van der Waals surface area (Å²) in [6, 6.07) is 11.2. The van der Waals surface area contributed by atoms with E-state index in [2.05, 4.69) is 5.32 Å². The van der Waals surface area contributed by atoms with E-state index in [1.54, 1.807) is 18.2 Å². The predicted molar refractivity (Wildman–Crippen MR) is 151 cm³/mol. The molecule has 0 spiro atoms. The van der Waals surface area contributed by atoms with Gasteiger partial charge in [0.15, 0.2) is 0 Å². The van der Waals surface area contributed by atoms with Crippen LogP contribution in [0.15, 0.2) is 60.7 Å². The van der Waals surface area contributed by atoms with Crippen molar-refractivity contribution in [3.63, 3.8) is 0 Å². The molecule has 3 atom stereocenters. The van der Waals surface area contributed by atoms with E-state index in [0.717, 1.165) is 24.3 Å². The van der Waals surface area contributed by atoms with Crippen LogP contribution < -0.4 is 5.32 Å². The van der Waals surface area contributed by atoms with Crippen LogP contribution in [0.1, 0.15) is 71.9 Å². The van der Waals surface area contributed by atoms with E-state index in [0.29, 0.717) is 48.2 Å². The fraction of sp³-hybridized carbons (Fsp3) is 0.424. The number of hydrogen-bond acceptors (Lipinski definition) is 2. The number of nitrogens with one attached hydrogen (secondary N) is 1. The van der Waals surface area contributed by atoms with Gasteiger partial charge in [-0.15, -0.1) is 0 Å². The number of piperidine rings is 1. The third-order valence-corrected chi connectivity index (χ3v) is 8.02. The smallest absolute Gasteiger partial charge is 0.416 e. The number of carboxylic acid groups (broad SMARTS) is 1. The molecule has 0 radical (unpaired) electrons. The van der Waals surface area contributed by atoms with Crippen LogP contribution in [0, 0.1) is 11.8 Å². The number of carboxylic acids is 1. The number of halogens is 9. The first-order valence-electron chi connectivity index (χ1n) is 14.4. The van der Waals surface area contributed by atoms with Crippen molar-refractivity contribution in [3.05, 3.63) is 94.0 Å². The monoisotopic (exact) mass is 645 g/mol. The lowest BCUT2D eigenvalue weighted by molar-refractivity contribution is -0.143. The normalized spacial score (nSPS) is 18.7. The fourth-order valence-corrected chi connectivity index (χ4v) is 5.89. The van der Waals surface area contributed by atoms with Gasteiger partial charge in [0.05, 0.1) is 22.6 Å². The quantitative estimate of drug-likeness (QED) is 0.240. The Labute approximate surface area is 254 Å². The van der Waals surface area contributed by atoms with Gasteiger partial charge in [0.25, 0.3) is 0 Å². The van der Waals surface area contributed by atoms with E-state index in [4.69, 9.17) is 0 Å². The first-order chi connectivity index (χ1) is 20.8. The van der Waals surface area contributed by atoms with Gasteiger partial charge in [-0.3, -0.25) is 4.79 Å². The molecule has 3 nitrogen and oxygen atoms in total. The molecule has 3 unspecified atom stereocenters. The summed E-state index contributed by atoms with van der Waals surface area (Å²) in [5, 5.41) is 13.2. The van der Waals surface area contributed by atoms with Gasteiger partial charge < -0.3 is 10.4 Å². The number of hydrogen-bond donors (Lipinski definition) is 2. The molecule has 1 saturated heterocycles. The number of rotatable bonds is 8. The topological polar surface area (TPSA) is 49.3 Å². The molecular weight excluding hydrogens is 613 g/mol. The van der Waals surface area contributed by atoms with Crippen molar-refractivity contribution in [2.75, 3.05) is 13.1 Å². The molecule has 4 rings (SSSR count). The van der Waals surface area contributed by atoms with Crippen LogP contribution in [0.4, 0.5) is 39.5 Å². The average Bonchev–Trinajstić information content (AvgIpc) is 2.94. The molecule has 1 fully saturated rings. The molecular formula is C33H32F9NO2. The van der Waals surface area contributed by atoms with Gasteiger partial charge in [-0.2, -0.15) is 39.5 Å². The van der Waals surface area contributed by atoms with Crippen LogP contribution in [0.2, 0.25) is 0 Å². The van der Waals surface area contributed by atoms with Crippen LogP contribution in [0.5, 0.6) is 0 Å². The van der Waals surface area contributed by atoms with Gasteiger partial charge in [-0.25, -0.2) is 0 Å². The summed E-state index contributed by atoms with van der Waals surface area (Å²) >= 11 is 0. The third-order valence-electron chi connectivity index (χ3n) is 8.02. The van der Waals surface area contributed by atoms with Gasteiger partial charge in [0.1, 0.15) is 0 Å². The Morgan fingerprint density at radius 3 is 1.87 bits per heavy atom. The summed E-state index contributed by atoms with van der Waals surface area (Å²) in [6.45, 7) is 4.48. The van der Waals surface area contributed by atoms with Crippen molar-refractivity contribution in [2.45, 2.75) is 63.5 Å². The minimum atomic E-state index is -4.96. The lowest BCUT2D eigenvalue weighted by Crippen LogP contribution is -2.36. The lowest BCUT2D eigenvalue weighted by atomic mass is 9.79. The molecule has 12 heteroatoms. The maximum absolute atomic E-state index is 13.4. The van der Waals surface area contributed by atoms with Gasteiger partial charge in [-0.1, -0.05) is 44.2 Å². The highest BCUT2D eigenvalue weighted by atomic mass is 19.4. The molecule has 1 aliphatic heterocycles. The molecule has 0 bridgehead atoms. The highest BCUT2D eigenvalue weighted by molar-refractivity contribution is 5.78. The summed E-state index contributed by atoms with van der Waals surface area (Å²) in [6.07, 6.45) is -13.9. The van der Waals surface area contributed by atoms with E-state index in [1.165, 1.54) is 12.1 Å². The van der Waals surface area contributed by atoms with E-state index >= 15 is 0 Å². The molecule has 45 heavy (non-hydrogen) atoms. The highest BCUT2D eigenvalue weighted by Crippen LogP contribution is 2.39. The van der Waals surface area contributed by atoms with Gasteiger partial charge >= 0.3 is 24.5 Å². The van der Waals surface area contributed by atoms with Crippen molar-refractivity contribution in [2.24, 2.45) is 11.8 Å². The van der Waals surface area contributed by atoms with E-state index in [1.807, 2.05) is 13.8 Å². The zero-order chi connectivity index (χ0) is 33.3. The molecule has 0 saturated carbocycles. The summed E-state index contributed by atoms with van der Waals surface area (Å²) in [4.78, 5) is 12.3. The molecule has 244 valence electrons. The zero-order valence-electron chi connectivity index (χ0n) is 24.4. The Hall–Kier alpha value is -3.54. The maximum atomic E-state index is 13.4. The molecule has 3 aromatic rings. The second kappa shape index (κ2) is 13.1. The fourth-order valence-electron chi connectivity index (χ4n) is 5.89. The predicted octanol–water partition coefficient (Wildman–Crippen LogP) is 9.56. The Bertz CT molecular complexity index is 1460. The Kier molecular flexibility index (Phi) is 9.96. The molecule has 1 heterocycles. The molecule has 3 aromatic carbocycles. The summed E-state index contributed by atoms with van der Waals surface area (Å²) in [7, 11) is 0. The van der Waals surface area contributed by atoms with Crippen LogP contribution in [0.3, 0.4) is 0 Å². The summed E-state index contributed by atoms with van der Waals surface area (Å²) in [5.74, 6) is -2.60. The number of benzene rings is 3. The Morgan fingerprint density at radius 1 is 0.778 bits per heavy atom. The molecule has 0 amide bonds. The number of carbonyl (C=O) groups is 1. The number of alkyl halides is 9. The summed E-state index contributed by atoms with van der Waals surface area (Å²) < 4.78 is 120. The average molecular weight is 646 g/mol. The first-order valence-corrected chi connectivity index (χ1v) is 14.4. The van der Waals surface area contributed by atoms with Crippen molar-refractivity contribution in [3.8, 4) is 11.1 Å². The Balaban J connectivity index is 1.70. The van der Waals surface area contributed by atoms with Crippen molar-refractivity contribution >= 4 is 5.97 Å². The van der Waals surface area contributed by atoms with Gasteiger partial charge in [0, 0.05) is 6.54 Å². The van der Waals surface area contributed by atoms with Crippen LogP contribution in [-0.2, 0) is 29.7 Å². The van der Waals surface area contributed by atoms with E-state index in [9.17, 15) is 49.4 Å². The summed E-state index contributed by atoms with van der Waals surface area (Å²) in [5.41, 5.74) is -1.64. The minimum absolute atomic E-state index is 0.0130. The molecule has 0 aromatic heterocycles. The zero-order valence-corrected chi connectivity index (χ0v) is 24.4. The largest absolute Gasteiger partial charge is 0.481 e. The first kappa shape index (κ1) is 34.3. The van der Waals surface area contributed by atoms with Crippen molar-refractivity contribution in [1.82, 2.24) is 5.32 Å². The van der Waals surface area contributed by atoms with Crippen molar-refractivity contribution in [1.29, 1.82) is 0 Å². The van der Waals surface area contributed by atoms with Crippen molar-refractivity contribution < 1.29 is 49.4 Å². The molecule has 1 aliphatic rings. The number of aliphatic carboxylic acids is 1. The Morgan fingerprint density at radius 2 is 1.36 bits per heavy atom. The van der Waals surface area contributed by atoms with E-state index in [-0.39, 0.29) is 35.8 Å². The molecule has 2 N–H and O–H groups in total. The van der Waals surface area contributed by atoms with E-state index < -0.39 is 47.1 Å². The minimum Gasteiger partial charge on any atom is -0.481 e. The lowest BCUT2D eigenvalue weighted by Gasteiger charge is -2.31. The molecule has 0 aliphatic carbocycles. The highest BCUT2D eigenvalue weighted by Gasteiger charge is 2.37. The van der Waals surface area contributed by atoms with Crippen LogP contribution in [0.25, 0.3) is 11.1 Å². The standard InChI is InChI=1S/C33H32F9NO2/c1-18(2)7-29(30(44)45)24-13-22(21-3-5-26(6-4-21)31(34,35)36)12-23(14-24)25-9-20(16-43-17-25)8-19-10-27(32(37,38)39)15-28(11-19)33(40,41)42/h3-6,10-15,18,20,25,29,43H,7-9,16-17H2,1-2H3,(H,44,45).